The number of aryl methyl sites for hydroxylation is 1. The van der Waals surface area contributed by atoms with Crippen LogP contribution >= 0.6 is 11.3 Å². The van der Waals surface area contributed by atoms with Gasteiger partial charge in [-0.25, -0.2) is 13.2 Å². The van der Waals surface area contributed by atoms with E-state index in [4.69, 9.17) is 5.11 Å². The Hall–Kier alpha value is -1.67. The summed E-state index contributed by atoms with van der Waals surface area (Å²) in [5, 5.41) is 15.1. The molecule has 0 spiro atoms. The van der Waals surface area contributed by atoms with Crippen molar-refractivity contribution < 1.29 is 18.3 Å². The zero-order valence-electron chi connectivity index (χ0n) is 10.1. The van der Waals surface area contributed by atoms with Gasteiger partial charge in [-0.05, 0) is 11.4 Å². The Kier molecular flexibility index (Phi) is 3.72. The van der Waals surface area contributed by atoms with E-state index in [1.165, 1.54) is 22.2 Å². The van der Waals surface area contributed by atoms with Gasteiger partial charge in [0, 0.05) is 12.5 Å². The molecule has 8 heteroatoms. The summed E-state index contributed by atoms with van der Waals surface area (Å²) in [4.78, 5) is 11.9. The fraction of sp³-hybridized carbons (Fsp3) is 0.273. The summed E-state index contributed by atoms with van der Waals surface area (Å²) in [6, 6.07) is 3.58. The highest BCUT2D eigenvalue weighted by Gasteiger charge is 2.18. The number of sulfone groups is 1. The Morgan fingerprint density at radius 3 is 2.79 bits per heavy atom. The molecule has 2 aromatic rings. The number of aromatic nitrogens is 2. The molecule has 2 aromatic heterocycles. The van der Waals surface area contributed by atoms with Crippen LogP contribution in [0, 0.1) is 0 Å². The Morgan fingerprint density at radius 2 is 2.26 bits per heavy atom. The van der Waals surface area contributed by atoms with E-state index in [1.807, 2.05) is 5.38 Å². The normalized spacial score (nSPS) is 11.6. The zero-order valence-corrected chi connectivity index (χ0v) is 11.7. The molecule has 0 amide bonds. The van der Waals surface area contributed by atoms with Gasteiger partial charge >= 0.3 is 5.97 Å². The van der Waals surface area contributed by atoms with Crippen LogP contribution in [-0.2, 0) is 16.4 Å². The molecule has 0 fully saturated rings. The van der Waals surface area contributed by atoms with Gasteiger partial charge in [0.15, 0.2) is 0 Å². The second-order valence-corrected chi connectivity index (χ2v) is 7.27. The summed E-state index contributed by atoms with van der Waals surface area (Å²) in [5.74, 6) is -1.15. The number of thiophene rings is 1. The lowest BCUT2D eigenvalue weighted by Gasteiger charge is -1.98. The van der Waals surface area contributed by atoms with Crippen molar-refractivity contribution >= 4 is 27.1 Å². The molecule has 0 saturated heterocycles. The third-order valence-corrected chi connectivity index (χ3v) is 4.24. The van der Waals surface area contributed by atoms with Crippen LogP contribution < -0.4 is 0 Å². The molecule has 19 heavy (non-hydrogen) atoms. The fourth-order valence-corrected chi connectivity index (χ4v) is 2.79. The number of nitrogens with zero attached hydrogens (tertiary/aromatic N) is 2. The maximum absolute atomic E-state index is 11.2. The van der Waals surface area contributed by atoms with Gasteiger partial charge in [0.25, 0.3) is 0 Å². The van der Waals surface area contributed by atoms with Crippen LogP contribution in [0.1, 0.15) is 10.4 Å². The van der Waals surface area contributed by atoms with E-state index >= 15 is 0 Å². The summed E-state index contributed by atoms with van der Waals surface area (Å²) in [6.07, 6.45) is 2.50. The lowest BCUT2D eigenvalue weighted by Crippen LogP contribution is -2.11. The summed E-state index contributed by atoms with van der Waals surface area (Å²) in [5.41, 5.74) is 0.451. The molecule has 2 rings (SSSR count). The standard InChI is InChI=1S/C11H12N2O4S2/c1-19(16,17)6-4-13-7-8(11(14)15)10(12-13)9-3-2-5-18-9/h2-3,5,7H,4,6H2,1H3,(H,14,15). The molecule has 0 bridgehead atoms. The maximum Gasteiger partial charge on any atom is 0.339 e. The molecule has 2 heterocycles. The minimum Gasteiger partial charge on any atom is -0.478 e. The van der Waals surface area contributed by atoms with Crippen LogP contribution in [0.2, 0.25) is 0 Å². The van der Waals surface area contributed by atoms with E-state index in [2.05, 4.69) is 5.10 Å². The molecule has 0 aliphatic heterocycles. The highest BCUT2D eigenvalue weighted by molar-refractivity contribution is 7.90. The van der Waals surface area contributed by atoms with Crippen molar-refractivity contribution in [1.29, 1.82) is 0 Å². The first-order chi connectivity index (χ1) is 8.87. The van der Waals surface area contributed by atoms with Crippen LogP contribution in [0.3, 0.4) is 0 Å². The van der Waals surface area contributed by atoms with Gasteiger partial charge in [0.1, 0.15) is 21.1 Å². The molecule has 0 saturated carbocycles. The summed E-state index contributed by atoms with van der Waals surface area (Å²) in [7, 11) is -3.11. The lowest BCUT2D eigenvalue weighted by atomic mass is 10.2. The smallest absolute Gasteiger partial charge is 0.339 e. The van der Waals surface area contributed by atoms with Crippen LogP contribution in [0.4, 0.5) is 0 Å². The van der Waals surface area contributed by atoms with Crippen molar-refractivity contribution in [3.63, 3.8) is 0 Å². The van der Waals surface area contributed by atoms with Crippen molar-refractivity contribution in [2.24, 2.45) is 0 Å². The molecular weight excluding hydrogens is 288 g/mol. The van der Waals surface area contributed by atoms with Crippen molar-refractivity contribution in [2.75, 3.05) is 12.0 Å². The van der Waals surface area contributed by atoms with E-state index in [0.717, 1.165) is 11.1 Å². The summed E-state index contributed by atoms with van der Waals surface area (Å²) < 4.78 is 23.6. The fourth-order valence-electron chi connectivity index (χ4n) is 1.55. The van der Waals surface area contributed by atoms with Crippen molar-refractivity contribution in [3.8, 4) is 10.6 Å². The average molecular weight is 300 g/mol. The topological polar surface area (TPSA) is 89.3 Å². The monoisotopic (exact) mass is 300 g/mol. The average Bonchev–Trinajstić information content (AvgIpc) is 2.94. The summed E-state index contributed by atoms with van der Waals surface area (Å²) >= 11 is 1.39. The largest absolute Gasteiger partial charge is 0.478 e. The third-order valence-electron chi connectivity index (χ3n) is 2.44. The maximum atomic E-state index is 11.2. The molecule has 0 aliphatic rings. The van der Waals surface area contributed by atoms with Crippen LogP contribution in [-0.4, -0.2) is 41.3 Å². The zero-order chi connectivity index (χ0) is 14.0. The van der Waals surface area contributed by atoms with E-state index in [1.54, 1.807) is 12.1 Å². The first kappa shape index (κ1) is 13.8. The molecule has 0 atom stereocenters. The van der Waals surface area contributed by atoms with Gasteiger partial charge in [0.2, 0.25) is 0 Å². The van der Waals surface area contributed by atoms with Gasteiger partial charge < -0.3 is 5.11 Å². The van der Waals surface area contributed by atoms with Gasteiger partial charge in [-0.15, -0.1) is 11.3 Å². The van der Waals surface area contributed by atoms with Gasteiger partial charge in [0.05, 0.1) is 17.2 Å². The van der Waals surface area contributed by atoms with E-state index in [-0.39, 0.29) is 17.9 Å². The quantitative estimate of drug-likeness (QED) is 0.900. The van der Waals surface area contributed by atoms with Crippen molar-refractivity contribution in [1.82, 2.24) is 9.78 Å². The highest BCUT2D eigenvalue weighted by Crippen LogP contribution is 2.26. The Labute approximate surface area is 114 Å². The lowest BCUT2D eigenvalue weighted by molar-refractivity contribution is 0.0697. The van der Waals surface area contributed by atoms with Crippen LogP contribution in [0.5, 0.6) is 0 Å². The number of carboxylic acid groups (broad SMARTS) is 1. The highest BCUT2D eigenvalue weighted by atomic mass is 32.2. The van der Waals surface area contributed by atoms with E-state index in [9.17, 15) is 13.2 Å². The first-order valence-electron chi connectivity index (χ1n) is 5.39. The van der Waals surface area contributed by atoms with E-state index < -0.39 is 15.8 Å². The molecule has 6 nitrogen and oxygen atoms in total. The van der Waals surface area contributed by atoms with Gasteiger partial charge in [-0.1, -0.05) is 6.07 Å². The number of carbonyl (C=O) groups is 1. The summed E-state index contributed by atoms with van der Waals surface area (Å²) in [6.45, 7) is 0.143. The first-order valence-corrected chi connectivity index (χ1v) is 8.33. The van der Waals surface area contributed by atoms with Gasteiger partial charge in [-0.3, -0.25) is 4.68 Å². The molecule has 0 radical (unpaired) electrons. The van der Waals surface area contributed by atoms with Crippen LogP contribution in [0.25, 0.3) is 10.6 Å². The molecule has 0 unspecified atom stereocenters. The number of hydrogen-bond acceptors (Lipinski definition) is 5. The SMILES string of the molecule is CS(=O)(=O)CCn1cc(C(=O)O)c(-c2cccs2)n1. The predicted octanol–water partition coefficient (Wildman–Crippen LogP) is 1.35. The number of hydrogen-bond donors (Lipinski definition) is 1. The predicted molar refractivity (Wildman–Crippen MR) is 72.2 cm³/mol. The Bertz CT molecular complexity index is 686. The van der Waals surface area contributed by atoms with Crippen molar-refractivity contribution in [2.45, 2.75) is 6.54 Å². The van der Waals surface area contributed by atoms with E-state index in [0.29, 0.717) is 5.69 Å². The molecular formula is C11H12N2O4S2. The Morgan fingerprint density at radius 1 is 1.53 bits per heavy atom. The molecule has 0 aromatic carbocycles. The minimum absolute atomic E-state index is 0.0718. The Balaban J connectivity index is 2.33. The third kappa shape index (κ3) is 3.42. The second-order valence-electron chi connectivity index (χ2n) is 4.07. The number of aromatic carboxylic acids is 1. The van der Waals surface area contributed by atoms with Crippen LogP contribution in [0.15, 0.2) is 23.7 Å². The molecule has 0 aliphatic carbocycles. The van der Waals surface area contributed by atoms with Crippen molar-refractivity contribution in [3.05, 3.63) is 29.3 Å². The van der Waals surface area contributed by atoms with Gasteiger partial charge in [-0.2, -0.15) is 5.10 Å². The molecule has 1 N–H and O–H groups in total. The second kappa shape index (κ2) is 5.14. The molecule has 102 valence electrons. The minimum atomic E-state index is -3.11. The number of rotatable bonds is 5. The number of carboxylic acids is 1.